The summed E-state index contributed by atoms with van der Waals surface area (Å²) in [5.74, 6) is 0. The largest absolute Gasteiger partial charge is 0.375 e. The molecule has 0 amide bonds. The highest BCUT2D eigenvalue weighted by atomic mass is 79.9. The van der Waals surface area contributed by atoms with Crippen molar-refractivity contribution in [2.75, 3.05) is 0 Å². The molecule has 0 saturated heterocycles. The van der Waals surface area contributed by atoms with Gasteiger partial charge in [0.25, 0.3) is 0 Å². The standard InChI is InChI=1S/C7H6BrN5S2/c8-5-4(3-10-12-6(9)14)13-1-2-15-7(13)11-5/h1-3H,(H3,9,12,14). The molecule has 0 fully saturated rings. The van der Waals surface area contributed by atoms with Crippen LogP contribution in [-0.4, -0.2) is 20.7 Å². The molecule has 8 heteroatoms. The van der Waals surface area contributed by atoms with Gasteiger partial charge in [0.1, 0.15) is 10.3 Å². The molecular formula is C7H6BrN5S2. The van der Waals surface area contributed by atoms with Crippen LogP contribution in [-0.2, 0) is 0 Å². The van der Waals surface area contributed by atoms with Crippen molar-refractivity contribution in [3.8, 4) is 0 Å². The van der Waals surface area contributed by atoms with Crippen molar-refractivity contribution in [3.63, 3.8) is 0 Å². The number of rotatable bonds is 2. The zero-order valence-corrected chi connectivity index (χ0v) is 10.6. The van der Waals surface area contributed by atoms with Crippen LogP contribution in [0.5, 0.6) is 0 Å². The molecule has 15 heavy (non-hydrogen) atoms. The van der Waals surface area contributed by atoms with Gasteiger partial charge >= 0.3 is 0 Å². The molecule has 0 radical (unpaired) electrons. The van der Waals surface area contributed by atoms with Gasteiger partial charge < -0.3 is 5.73 Å². The molecular weight excluding hydrogens is 298 g/mol. The molecule has 2 aromatic heterocycles. The lowest BCUT2D eigenvalue weighted by Gasteiger charge is -1.94. The van der Waals surface area contributed by atoms with Crippen LogP contribution in [0.1, 0.15) is 5.69 Å². The van der Waals surface area contributed by atoms with Crippen LogP contribution in [0, 0.1) is 0 Å². The van der Waals surface area contributed by atoms with E-state index in [-0.39, 0.29) is 5.11 Å². The molecule has 2 aromatic rings. The first-order valence-electron chi connectivity index (χ1n) is 3.88. The molecule has 0 atom stereocenters. The Hall–Kier alpha value is -0.990. The van der Waals surface area contributed by atoms with E-state index >= 15 is 0 Å². The molecule has 3 N–H and O–H groups in total. The first-order valence-corrected chi connectivity index (χ1v) is 5.96. The number of thiocarbonyl (C=S) groups is 1. The maximum Gasteiger partial charge on any atom is 0.195 e. The normalized spacial score (nSPS) is 11.3. The maximum atomic E-state index is 5.24. The Morgan fingerprint density at radius 3 is 3.33 bits per heavy atom. The van der Waals surface area contributed by atoms with E-state index < -0.39 is 0 Å². The van der Waals surface area contributed by atoms with Gasteiger partial charge in [-0.15, -0.1) is 11.3 Å². The number of thiazole rings is 1. The number of nitrogens with zero attached hydrogens (tertiary/aromatic N) is 3. The summed E-state index contributed by atoms with van der Waals surface area (Å²) in [5, 5.41) is 5.96. The Kier molecular flexibility index (Phi) is 2.98. The van der Waals surface area contributed by atoms with Crippen LogP contribution in [0.3, 0.4) is 0 Å². The van der Waals surface area contributed by atoms with E-state index in [1.54, 1.807) is 17.6 Å². The van der Waals surface area contributed by atoms with E-state index in [0.29, 0.717) is 0 Å². The molecule has 2 rings (SSSR count). The van der Waals surface area contributed by atoms with Crippen molar-refractivity contribution in [1.82, 2.24) is 14.8 Å². The molecule has 0 spiro atoms. The average molecular weight is 304 g/mol. The molecule has 0 unspecified atom stereocenters. The number of aromatic nitrogens is 2. The third kappa shape index (κ3) is 2.16. The van der Waals surface area contributed by atoms with Crippen molar-refractivity contribution in [1.29, 1.82) is 0 Å². The van der Waals surface area contributed by atoms with Crippen molar-refractivity contribution in [3.05, 3.63) is 21.9 Å². The van der Waals surface area contributed by atoms with Crippen molar-refractivity contribution in [2.24, 2.45) is 10.8 Å². The number of fused-ring (bicyclic) bond motifs is 1. The Labute approximate surface area is 103 Å². The fraction of sp³-hybridized carbons (Fsp3) is 0. The summed E-state index contributed by atoms with van der Waals surface area (Å²) in [6.45, 7) is 0. The summed E-state index contributed by atoms with van der Waals surface area (Å²) in [6.07, 6.45) is 3.52. The highest BCUT2D eigenvalue weighted by molar-refractivity contribution is 9.10. The highest BCUT2D eigenvalue weighted by Gasteiger charge is 2.07. The minimum atomic E-state index is 0.133. The molecule has 5 nitrogen and oxygen atoms in total. The predicted octanol–water partition coefficient (Wildman–Crippen LogP) is 1.33. The summed E-state index contributed by atoms with van der Waals surface area (Å²) in [5.41, 5.74) is 8.57. The molecule has 0 aliphatic heterocycles. The molecule has 0 bridgehead atoms. The minimum absolute atomic E-state index is 0.133. The Balaban J connectivity index is 2.33. The molecule has 0 aliphatic carbocycles. The molecule has 78 valence electrons. The van der Waals surface area contributed by atoms with Gasteiger partial charge in [0.15, 0.2) is 10.1 Å². The number of hydrogen-bond donors (Lipinski definition) is 2. The highest BCUT2D eigenvalue weighted by Crippen LogP contribution is 2.19. The smallest absolute Gasteiger partial charge is 0.195 e. The van der Waals surface area contributed by atoms with Gasteiger partial charge in [-0.05, 0) is 28.1 Å². The first kappa shape index (κ1) is 10.5. The summed E-state index contributed by atoms with van der Waals surface area (Å²) in [4.78, 5) is 5.19. The van der Waals surface area contributed by atoms with Crippen molar-refractivity contribution in [2.45, 2.75) is 0 Å². The van der Waals surface area contributed by atoms with E-state index in [0.717, 1.165) is 15.3 Å². The molecule has 0 saturated carbocycles. The predicted molar refractivity (Wildman–Crippen MR) is 68.3 cm³/mol. The topological polar surface area (TPSA) is 67.7 Å². The Bertz CT molecular complexity index is 528. The van der Waals surface area contributed by atoms with E-state index in [2.05, 4.69) is 43.7 Å². The van der Waals surface area contributed by atoms with E-state index in [9.17, 15) is 0 Å². The van der Waals surface area contributed by atoms with Crippen molar-refractivity contribution < 1.29 is 0 Å². The van der Waals surface area contributed by atoms with Crippen LogP contribution >= 0.6 is 39.5 Å². The van der Waals surface area contributed by atoms with Crippen LogP contribution < -0.4 is 11.2 Å². The molecule has 2 heterocycles. The van der Waals surface area contributed by atoms with Gasteiger partial charge in [-0.1, -0.05) is 0 Å². The Morgan fingerprint density at radius 2 is 2.60 bits per heavy atom. The van der Waals surface area contributed by atoms with Crippen LogP contribution in [0.4, 0.5) is 0 Å². The second kappa shape index (κ2) is 4.25. The zero-order chi connectivity index (χ0) is 10.8. The lowest BCUT2D eigenvalue weighted by Crippen LogP contribution is -2.24. The van der Waals surface area contributed by atoms with E-state index in [4.69, 9.17) is 5.73 Å². The zero-order valence-electron chi connectivity index (χ0n) is 7.35. The first-order chi connectivity index (χ1) is 7.18. The second-order valence-electron chi connectivity index (χ2n) is 2.58. The summed E-state index contributed by atoms with van der Waals surface area (Å²) in [6, 6.07) is 0. The minimum Gasteiger partial charge on any atom is -0.375 e. The van der Waals surface area contributed by atoms with Crippen LogP contribution in [0.15, 0.2) is 21.3 Å². The lowest BCUT2D eigenvalue weighted by atomic mass is 10.5. The summed E-state index contributed by atoms with van der Waals surface area (Å²) in [7, 11) is 0. The fourth-order valence-electron chi connectivity index (χ4n) is 1.05. The van der Waals surface area contributed by atoms with Gasteiger partial charge in [-0.2, -0.15) is 5.10 Å². The Morgan fingerprint density at radius 1 is 1.80 bits per heavy atom. The number of imidazole rings is 1. The van der Waals surface area contributed by atoms with Gasteiger partial charge in [-0.3, -0.25) is 9.83 Å². The summed E-state index contributed by atoms with van der Waals surface area (Å²) >= 11 is 9.52. The third-order valence-corrected chi connectivity index (χ3v) is 3.05. The van der Waals surface area contributed by atoms with Crippen LogP contribution in [0.25, 0.3) is 4.96 Å². The van der Waals surface area contributed by atoms with Gasteiger partial charge in [0, 0.05) is 11.6 Å². The second-order valence-corrected chi connectivity index (χ2v) is 4.64. The molecule has 0 aromatic carbocycles. The van der Waals surface area contributed by atoms with E-state index in [1.807, 2.05) is 16.0 Å². The number of hydrogen-bond acceptors (Lipinski definition) is 4. The number of hydrazone groups is 1. The number of halogens is 1. The number of nitrogens with one attached hydrogen (secondary N) is 1. The molecule has 0 aliphatic rings. The van der Waals surface area contributed by atoms with Gasteiger partial charge in [0.05, 0.1) is 6.21 Å². The quantitative estimate of drug-likeness (QED) is 0.499. The maximum absolute atomic E-state index is 5.24. The van der Waals surface area contributed by atoms with E-state index in [1.165, 1.54) is 0 Å². The average Bonchev–Trinajstić information content (AvgIpc) is 2.68. The van der Waals surface area contributed by atoms with Crippen molar-refractivity contribution >= 4 is 55.8 Å². The SMILES string of the molecule is NC(=S)NN=Cc1c(Br)nc2sccn12. The lowest BCUT2D eigenvalue weighted by molar-refractivity contribution is 1.04. The fourth-order valence-corrected chi connectivity index (χ4v) is 2.40. The van der Waals surface area contributed by atoms with Gasteiger partial charge in [-0.25, -0.2) is 4.98 Å². The third-order valence-electron chi connectivity index (χ3n) is 1.62. The van der Waals surface area contributed by atoms with Gasteiger partial charge in [0.2, 0.25) is 0 Å². The number of nitrogens with two attached hydrogens (primary N) is 1. The monoisotopic (exact) mass is 303 g/mol. The summed E-state index contributed by atoms with van der Waals surface area (Å²) < 4.78 is 2.65. The van der Waals surface area contributed by atoms with Crippen LogP contribution in [0.2, 0.25) is 0 Å².